The summed E-state index contributed by atoms with van der Waals surface area (Å²) in [7, 11) is 3.38. The smallest absolute Gasteiger partial charge is 0.221 e. The molecule has 0 spiro atoms. The van der Waals surface area contributed by atoms with Crippen LogP contribution < -0.4 is 20.7 Å². The van der Waals surface area contributed by atoms with E-state index in [1.165, 1.54) is 12.8 Å². The Bertz CT molecular complexity index is 560. The zero-order valence-corrected chi connectivity index (χ0v) is 17.3. The predicted octanol–water partition coefficient (Wildman–Crippen LogP) is 2.43. The standard InChI is InChI=1S/C18H28N4O2.HI/c1-19-18(21-13-14-7-3-6-10-16(14)24-2)20-12-11-17(23)22-15-8-4-5-9-15;/h3,6-7,10,15H,4-5,8-9,11-13H2,1-2H3,(H,22,23)(H2,19,20,21);1H. The molecule has 1 aromatic rings. The number of amides is 1. The summed E-state index contributed by atoms with van der Waals surface area (Å²) in [6, 6.07) is 8.23. The molecule has 1 aliphatic rings. The van der Waals surface area contributed by atoms with Crippen molar-refractivity contribution in [2.45, 2.75) is 44.7 Å². The third-order valence-corrected chi connectivity index (χ3v) is 4.23. The van der Waals surface area contributed by atoms with Crippen LogP contribution in [0.1, 0.15) is 37.7 Å². The Balaban J connectivity index is 0.00000312. The minimum absolute atomic E-state index is 0. The average molecular weight is 460 g/mol. The molecule has 2 rings (SSSR count). The van der Waals surface area contributed by atoms with Gasteiger partial charge < -0.3 is 20.7 Å². The van der Waals surface area contributed by atoms with Crippen molar-refractivity contribution in [1.82, 2.24) is 16.0 Å². The van der Waals surface area contributed by atoms with Crippen molar-refractivity contribution in [2.24, 2.45) is 4.99 Å². The molecule has 1 fully saturated rings. The molecule has 140 valence electrons. The highest BCUT2D eigenvalue weighted by Crippen LogP contribution is 2.17. The predicted molar refractivity (Wildman–Crippen MR) is 112 cm³/mol. The van der Waals surface area contributed by atoms with Gasteiger partial charge >= 0.3 is 0 Å². The van der Waals surface area contributed by atoms with Crippen LogP contribution in [0.25, 0.3) is 0 Å². The lowest BCUT2D eigenvalue weighted by Crippen LogP contribution is -2.40. The number of benzene rings is 1. The summed E-state index contributed by atoms with van der Waals surface area (Å²) < 4.78 is 5.33. The number of carbonyl (C=O) groups is 1. The first-order valence-electron chi connectivity index (χ1n) is 8.58. The van der Waals surface area contributed by atoms with Crippen molar-refractivity contribution < 1.29 is 9.53 Å². The van der Waals surface area contributed by atoms with E-state index in [-0.39, 0.29) is 29.9 Å². The number of carbonyl (C=O) groups excluding carboxylic acids is 1. The van der Waals surface area contributed by atoms with Gasteiger partial charge in [-0.2, -0.15) is 0 Å². The summed E-state index contributed by atoms with van der Waals surface area (Å²) in [6.07, 6.45) is 5.12. The van der Waals surface area contributed by atoms with Gasteiger partial charge in [0, 0.05) is 38.2 Å². The summed E-state index contributed by atoms with van der Waals surface area (Å²) in [5, 5.41) is 9.49. The highest BCUT2D eigenvalue weighted by Gasteiger charge is 2.16. The van der Waals surface area contributed by atoms with Gasteiger partial charge in [-0.3, -0.25) is 9.79 Å². The molecule has 0 heterocycles. The number of hydrogen-bond acceptors (Lipinski definition) is 3. The Morgan fingerprint density at radius 1 is 1.24 bits per heavy atom. The van der Waals surface area contributed by atoms with Crippen LogP contribution in [0.3, 0.4) is 0 Å². The number of nitrogens with one attached hydrogen (secondary N) is 3. The SMILES string of the molecule is CN=C(NCCC(=O)NC1CCCC1)NCc1ccccc1OC.I. The third-order valence-electron chi connectivity index (χ3n) is 4.23. The maximum absolute atomic E-state index is 11.9. The highest BCUT2D eigenvalue weighted by atomic mass is 127. The lowest BCUT2D eigenvalue weighted by molar-refractivity contribution is -0.121. The number of ether oxygens (including phenoxy) is 1. The van der Waals surface area contributed by atoms with E-state index in [0.29, 0.717) is 31.5 Å². The summed E-state index contributed by atoms with van der Waals surface area (Å²) in [5.41, 5.74) is 1.06. The Labute approximate surface area is 167 Å². The van der Waals surface area contributed by atoms with E-state index < -0.39 is 0 Å². The molecule has 1 saturated carbocycles. The van der Waals surface area contributed by atoms with E-state index >= 15 is 0 Å². The monoisotopic (exact) mass is 460 g/mol. The molecule has 0 unspecified atom stereocenters. The number of halogens is 1. The molecule has 6 nitrogen and oxygen atoms in total. The fourth-order valence-corrected chi connectivity index (χ4v) is 2.91. The normalized spacial score (nSPS) is 14.6. The van der Waals surface area contributed by atoms with Gasteiger partial charge in [0.1, 0.15) is 5.75 Å². The first kappa shape index (κ1) is 21.5. The van der Waals surface area contributed by atoms with Gasteiger partial charge in [-0.15, -0.1) is 24.0 Å². The number of aliphatic imine (C=N–C) groups is 1. The van der Waals surface area contributed by atoms with Crippen molar-refractivity contribution in [3.05, 3.63) is 29.8 Å². The summed E-state index contributed by atoms with van der Waals surface area (Å²) in [5.74, 6) is 1.63. The molecule has 0 bridgehead atoms. The van der Waals surface area contributed by atoms with Crippen molar-refractivity contribution in [2.75, 3.05) is 20.7 Å². The minimum atomic E-state index is 0. The Kier molecular flexibility index (Phi) is 10.3. The molecule has 0 radical (unpaired) electrons. The lowest BCUT2D eigenvalue weighted by atomic mass is 10.2. The van der Waals surface area contributed by atoms with Gasteiger partial charge in [0.05, 0.1) is 7.11 Å². The number of methoxy groups -OCH3 is 1. The van der Waals surface area contributed by atoms with Gasteiger partial charge in [-0.25, -0.2) is 0 Å². The largest absolute Gasteiger partial charge is 0.496 e. The van der Waals surface area contributed by atoms with E-state index in [2.05, 4.69) is 20.9 Å². The number of nitrogens with zero attached hydrogens (tertiary/aromatic N) is 1. The summed E-state index contributed by atoms with van der Waals surface area (Å²) in [4.78, 5) is 16.1. The highest BCUT2D eigenvalue weighted by molar-refractivity contribution is 14.0. The maximum Gasteiger partial charge on any atom is 0.221 e. The van der Waals surface area contributed by atoms with Crippen LogP contribution >= 0.6 is 24.0 Å². The van der Waals surface area contributed by atoms with Crippen molar-refractivity contribution in [3.63, 3.8) is 0 Å². The van der Waals surface area contributed by atoms with Crippen LogP contribution in [-0.2, 0) is 11.3 Å². The number of para-hydroxylation sites is 1. The van der Waals surface area contributed by atoms with E-state index in [4.69, 9.17) is 4.74 Å². The number of hydrogen-bond donors (Lipinski definition) is 3. The van der Waals surface area contributed by atoms with Crippen LogP contribution in [0.5, 0.6) is 5.75 Å². The van der Waals surface area contributed by atoms with Gasteiger partial charge in [-0.05, 0) is 18.9 Å². The second-order valence-corrected chi connectivity index (χ2v) is 5.96. The first-order chi connectivity index (χ1) is 11.7. The number of guanidine groups is 1. The van der Waals surface area contributed by atoms with Gasteiger partial charge in [0.2, 0.25) is 5.91 Å². The minimum Gasteiger partial charge on any atom is -0.496 e. The Hall–Kier alpha value is -1.51. The zero-order valence-electron chi connectivity index (χ0n) is 15.0. The molecule has 7 heteroatoms. The van der Waals surface area contributed by atoms with E-state index in [1.54, 1.807) is 14.2 Å². The topological polar surface area (TPSA) is 74.8 Å². The van der Waals surface area contributed by atoms with Crippen LogP contribution in [-0.4, -0.2) is 38.6 Å². The molecule has 1 aliphatic carbocycles. The number of rotatable bonds is 7. The van der Waals surface area contributed by atoms with Crippen LogP contribution in [0, 0.1) is 0 Å². The van der Waals surface area contributed by atoms with E-state index in [9.17, 15) is 4.79 Å². The molecular formula is C18H29IN4O2. The quantitative estimate of drug-likeness (QED) is 0.332. The van der Waals surface area contributed by atoms with Crippen LogP contribution in [0.15, 0.2) is 29.3 Å². The molecule has 1 aromatic carbocycles. The lowest BCUT2D eigenvalue weighted by Gasteiger charge is -2.15. The molecule has 0 aromatic heterocycles. The summed E-state index contributed by atoms with van der Waals surface area (Å²) >= 11 is 0. The zero-order chi connectivity index (χ0) is 17.2. The van der Waals surface area contributed by atoms with Gasteiger partial charge in [0.25, 0.3) is 0 Å². The van der Waals surface area contributed by atoms with Crippen LogP contribution in [0.2, 0.25) is 0 Å². The second-order valence-electron chi connectivity index (χ2n) is 5.96. The maximum atomic E-state index is 11.9. The second kappa shape index (κ2) is 11.9. The van der Waals surface area contributed by atoms with Crippen molar-refractivity contribution in [3.8, 4) is 5.75 Å². The first-order valence-corrected chi connectivity index (χ1v) is 8.58. The summed E-state index contributed by atoms with van der Waals surface area (Å²) in [6.45, 7) is 1.17. The van der Waals surface area contributed by atoms with Gasteiger partial charge in [-0.1, -0.05) is 31.0 Å². The molecule has 0 aliphatic heterocycles. The Morgan fingerprint density at radius 2 is 1.96 bits per heavy atom. The molecule has 1 amide bonds. The van der Waals surface area contributed by atoms with Crippen molar-refractivity contribution >= 4 is 35.8 Å². The fourth-order valence-electron chi connectivity index (χ4n) is 2.91. The van der Waals surface area contributed by atoms with Crippen LogP contribution in [0.4, 0.5) is 0 Å². The third kappa shape index (κ3) is 7.50. The molecule has 3 N–H and O–H groups in total. The molecule has 25 heavy (non-hydrogen) atoms. The molecule has 0 saturated heterocycles. The fraction of sp³-hybridized carbons (Fsp3) is 0.556. The van der Waals surface area contributed by atoms with E-state index in [0.717, 1.165) is 24.2 Å². The van der Waals surface area contributed by atoms with Crippen molar-refractivity contribution in [1.29, 1.82) is 0 Å². The van der Waals surface area contributed by atoms with Gasteiger partial charge in [0.15, 0.2) is 5.96 Å². The Morgan fingerprint density at radius 3 is 2.64 bits per heavy atom. The molecular weight excluding hydrogens is 431 g/mol. The molecule has 0 atom stereocenters. The average Bonchev–Trinajstić information content (AvgIpc) is 3.11. The van der Waals surface area contributed by atoms with E-state index in [1.807, 2.05) is 24.3 Å².